The van der Waals surface area contributed by atoms with Crippen molar-refractivity contribution in [1.29, 1.82) is 0 Å². The smallest absolute Gasteiger partial charge is 0.0945 e. The van der Waals surface area contributed by atoms with Crippen molar-refractivity contribution in [3.05, 3.63) is 6.92 Å². The quantitative estimate of drug-likeness (QED) is 0.334. The second kappa shape index (κ2) is 3.74. The lowest BCUT2D eigenvalue weighted by Crippen LogP contribution is -2.03. The van der Waals surface area contributed by atoms with Crippen molar-refractivity contribution in [2.45, 2.75) is 19.3 Å². The summed E-state index contributed by atoms with van der Waals surface area (Å²) in [7, 11) is -3.97. The van der Waals surface area contributed by atoms with Gasteiger partial charge in [0, 0.05) is 5.75 Å². The largest absolute Gasteiger partial charge is 0.748 e. The molecule has 0 saturated heterocycles. The Kier molecular flexibility index (Phi) is 3.65. The first-order chi connectivity index (χ1) is 4.06. The number of rotatable bonds is 4. The molecule has 0 saturated carbocycles. The third-order valence-corrected chi connectivity index (χ3v) is 1.68. The maximum atomic E-state index is 9.93. The highest BCUT2D eigenvalue weighted by Gasteiger charge is 1.93. The molecule has 0 rings (SSSR count). The fraction of sp³-hybridized carbons (Fsp3) is 0.800. The summed E-state index contributed by atoms with van der Waals surface area (Å²) < 4.78 is 29.8. The lowest BCUT2D eigenvalue weighted by molar-refractivity contribution is 0.460. The first-order valence-corrected chi connectivity index (χ1v) is 4.37. The fourth-order valence-corrected chi connectivity index (χ4v) is 1.01. The zero-order chi connectivity index (χ0) is 7.33. The van der Waals surface area contributed by atoms with Crippen LogP contribution in [0.1, 0.15) is 19.3 Å². The zero-order valence-corrected chi connectivity index (χ0v) is 5.99. The molecule has 0 radical (unpaired) electrons. The maximum Gasteiger partial charge on any atom is 0.0945 e. The summed E-state index contributed by atoms with van der Waals surface area (Å²) in [5.74, 6) is -0.248. The van der Waals surface area contributed by atoms with Gasteiger partial charge >= 0.3 is 0 Å². The van der Waals surface area contributed by atoms with Gasteiger partial charge in [-0.25, -0.2) is 8.42 Å². The summed E-state index contributed by atoms with van der Waals surface area (Å²) in [5.41, 5.74) is 0. The van der Waals surface area contributed by atoms with E-state index in [-0.39, 0.29) is 5.75 Å². The van der Waals surface area contributed by atoms with Gasteiger partial charge in [-0.05, 0) is 12.8 Å². The average Bonchev–Trinajstić information content (AvgIpc) is 1.63. The first-order valence-electron chi connectivity index (χ1n) is 2.79. The van der Waals surface area contributed by atoms with Crippen molar-refractivity contribution in [2.75, 3.05) is 5.75 Å². The van der Waals surface area contributed by atoms with Crippen molar-refractivity contribution in [2.24, 2.45) is 0 Å². The summed E-state index contributed by atoms with van der Waals surface area (Å²) in [4.78, 5) is 0. The van der Waals surface area contributed by atoms with Crippen molar-refractivity contribution in [3.8, 4) is 0 Å². The molecule has 4 heteroatoms. The predicted molar refractivity (Wildman–Crippen MR) is 33.8 cm³/mol. The van der Waals surface area contributed by atoms with Gasteiger partial charge in [-0.1, -0.05) is 0 Å². The third kappa shape index (κ3) is 7.78. The standard InChI is InChI=1S/C5H10O3S/c1-2-3-4-5-9(6,7)8/h1-5H2. The molecule has 0 bridgehead atoms. The molecule has 0 aliphatic heterocycles. The van der Waals surface area contributed by atoms with Crippen LogP contribution in [-0.4, -0.2) is 18.7 Å². The second-order valence-corrected chi connectivity index (χ2v) is 3.35. The molecular weight excluding hydrogens is 140 g/mol. The van der Waals surface area contributed by atoms with Crippen LogP contribution < -0.4 is 0 Å². The Hall–Kier alpha value is -0.220. The minimum Gasteiger partial charge on any atom is -0.748 e. The average molecular weight is 150 g/mol. The lowest BCUT2D eigenvalue weighted by Gasteiger charge is -2.03. The molecule has 0 spiro atoms. The Morgan fingerprint density at radius 2 is 1.89 bits per heavy atom. The van der Waals surface area contributed by atoms with Gasteiger partial charge in [-0.2, -0.15) is 0 Å². The van der Waals surface area contributed by atoms with Gasteiger partial charge in [-0.3, -0.25) is 0 Å². The highest BCUT2D eigenvalue weighted by Crippen LogP contribution is 1.95. The van der Waals surface area contributed by atoms with E-state index in [0.717, 1.165) is 0 Å². The Balaban J connectivity index is 3.30. The van der Waals surface area contributed by atoms with Crippen molar-refractivity contribution in [1.82, 2.24) is 0 Å². The van der Waals surface area contributed by atoms with Crippen molar-refractivity contribution < 1.29 is 13.0 Å². The summed E-state index contributed by atoms with van der Waals surface area (Å²) in [6.07, 6.45) is 1.84. The van der Waals surface area contributed by atoms with Gasteiger partial charge in [0.15, 0.2) is 0 Å². The molecule has 0 fully saturated rings. The molecule has 0 aromatic carbocycles. The van der Waals surface area contributed by atoms with E-state index < -0.39 is 10.1 Å². The maximum absolute atomic E-state index is 9.93. The SMILES string of the molecule is [CH2+]CCCCS(=O)(=O)[O-]. The van der Waals surface area contributed by atoms with Crippen LogP contribution in [0.25, 0.3) is 0 Å². The highest BCUT2D eigenvalue weighted by molar-refractivity contribution is 7.85. The third-order valence-electron chi connectivity index (χ3n) is 0.894. The first kappa shape index (κ1) is 8.78. The van der Waals surface area contributed by atoms with E-state index in [4.69, 9.17) is 0 Å². The van der Waals surface area contributed by atoms with Crippen LogP contribution in [0.2, 0.25) is 0 Å². The van der Waals surface area contributed by atoms with E-state index >= 15 is 0 Å². The van der Waals surface area contributed by atoms with Crippen LogP contribution in [0, 0.1) is 6.92 Å². The molecule has 9 heavy (non-hydrogen) atoms. The van der Waals surface area contributed by atoms with Gasteiger partial charge < -0.3 is 4.55 Å². The predicted octanol–water partition coefficient (Wildman–Crippen LogP) is 0.536. The van der Waals surface area contributed by atoms with Crippen molar-refractivity contribution >= 4 is 10.1 Å². The van der Waals surface area contributed by atoms with E-state index in [1.165, 1.54) is 0 Å². The zero-order valence-electron chi connectivity index (χ0n) is 5.17. The molecule has 0 aromatic rings. The van der Waals surface area contributed by atoms with E-state index in [1.54, 1.807) is 0 Å². The van der Waals surface area contributed by atoms with Gasteiger partial charge in [0.05, 0.1) is 23.5 Å². The van der Waals surface area contributed by atoms with E-state index in [0.29, 0.717) is 19.3 Å². The summed E-state index contributed by atoms with van der Waals surface area (Å²) in [6, 6.07) is 0. The van der Waals surface area contributed by atoms with Gasteiger partial charge in [0.25, 0.3) is 0 Å². The molecular formula is C5H10O3S. The van der Waals surface area contributed by atoms with Crippen LogP contribution in [0.15, 0.2) is 0 Å². The topological polar surface area (TPSA) is 57.2 Å². The summed E-state index contributed by atoms with van der Waals surface area (Å²) >= 11 is 0. The Morgan fingerprint density at radius 3 is 2.22 bits per heavy atom. The normalized spacial score (nSPS) is 11.7. The van der Waals surface area contributed by atoms with E-state index in [1.807, 2.05) is 0 Å². The van der Waals surface area contributed by atoms with Crippen LogP contribution in [0.3, 0.4) is 0 Å². The summed E-state index contributed by atoms with van der Waals surface area (Å²) in [5, 5.41) is 0. The number of hydrogen-bond acceptors (Lipinski definition) is 3. The molecule has 54 valence electrons. The molecule has 0 aliphatic rings. The Bertz CT molecular complexity index is 148. The van der Waals surface area contributed by atoms with Crippen molar-refractivity contribution in [3.63, 3.8) is 0 Å². The van der Waals surface area contributed by atoms with Gasteiger partial charge in [0.1, 0.15) is 0 Å². The van der Waals surface area contributed by atoms with Crippen LogP contribution in [0.5, 0.6) is 0 Å². The monoisotopic (exact) mass is 150 g/mol. The Labute approximate surface area is 55.8 Å². The van der Waals surface area contributed by atoms with Gasteiger partial charge in [-0.15, -0.1) is 0 Å². The molecule has 0 N–H and O–H groups in total. The second-order valence-electron chi connectivity index (χ2n) is 1.82. The van der Waals surface area contributed by atoms with Crippen LogP contribution in [0.4, 0.5) is 0 Å². The highest BCUT2D eigenvalue weighted by atomic mass is 32.2. The fourth-order valence-electron chi connectivity index (χ4n) is 0.456. The summed E-state index contributed by atoms with van der Waals surface area (Å²) in [6.45, 7) is 3.51. The molecule has 0 unspecified atom stereocenters. The molecule has 0 atom stereocenters. The van der Waals surface area contributed by atoms with Crippen LogP contribution in [-0.2, 0) is 10.1 Å². The molecule has 0 heterocycles. The van der Waals surface area contributed by atoms with E-state index in [2.05, 4.69) is 6.92 Å². The molecule has 0 amide bonds. The molecule has 0 aromatic heterocycles. The minimum absolute atomic E-state index is 0.248. The van der Waals surface area contributed by atoms with Gasteiger partial charge in [0.2, 0.25) is 0 Å². The molecule has 3 nitrogen and oxygen atoms in total. The molecule has 0 aliphatic carbocycles. The minimum atomic E-state index is -3.97. The van der Waals surface area contributed by atoms with Crippen LogP contribution >= 0.6 is 0 Å². The Morgan fingerprint density at radius 1 is 1.33 bits per heavy atom. The number of hydrogen-bond donors (Lipinski definition) is 0. The van der Waals surface area contributed by atoms with E-state index in [9.17, 15) is 13.0 Å². The lowest BCUT2D eigenvalue weighted by atomic mass is 10.3. The number of unbranched alkanes of at least 4 members (excludes halogenated alkanes) is 2.